The summed E-state index contributed by atoms with van der Waals surface area (Å²) in [7, 11) is 1.63. The number of nitrogens with one attached hydrogen (secondary N) is 1. The average Bonchev–Trinajstić information content (AvgIpc) is 2.99. The summed E-state index contributed by atoms with van der Waals surface area (Å²) in [5.74, 6) is -1.50. The van der Waals surface area contributed by atoms with Crippen molar-refractivity contribution >= 4 is 23.8 Å². The molecule has 1 saturated heterocycles. The number of imide groups is 1. The molecule has 1 aromatic carbocycles. The van der Waals surface area contributed by atoms with Crippen molar-refractivity contribution < 1.29 is 23.9 Å². The second-order valence-corrected chi connectivity index (χ2v) is 8.52. The van der Waals surface area contributed by atoms with E-state index in [-0.39, 0.29) is 17.7 Å². The lowest BCUT2D eigenvalue weighted by atomic mass is 9.73. The molecule has 0 unspecified atom stereocenters. The molecule has 1 aliphatic heterocycles. The molecule has 3 rings (SSSR count). The number of aryl methyl sites for hydroxylation is 1. The molecule has 1 saturated carbocycles. The normalized spacial score (nSPS) is 23.1. The number of hydrogen-bond donors (Lipinski definition) is 1. The van der Waals surface area contributed by atoms with Crippen molar-refractivity contribution in [2.24, 2.45) is 5.92 Å². The van der Waals surface area contributed by atoms with E-state index >= 15 is 0 Å². The minimum atomic E-state index is -0.918. The quantitative estimate of drug-likeness (QED) is 0.530. The fourth-order valence-electron chi connectivity index (χ4n) is 4.31. The monoisotopic (exact) mass is 429 g/mol. The summed E-state index contributed by atoms with van der Waals surface area (Å²) in [6, 6.07) is 7.40. The molecule has 1 aliphatic carbocycles. The number of carbonyl (C=O) groups is 4. The molecule has 8 nitrogen and oxygen atoms in total. The van der Waals surface area contributed by atoms with Crippen LogP contribution in [-0.4, -0.2) is 59.4 Å². The van der Waals surface area contributed by atoms with Crippen molar-refractivity contribution in [1.82, 2.24) is 15.1 Å². The van der Waals surface area contributed by atoms with Gasteiger partial charge in [-0.2, -0.15) is 0 Å². The summed E-state index contributed by atoms with van der Waals surface area (Å²) in [5, 5.41) is 2.80. The number of carbonyl (C=O) groups excluding carboxylic acids is 4. The first-order valence-corrected chi connectivity index (χ1v) is 10.9. The van der Waals surface area contributed by atoms with Gasteiger partial charge in [-0.05, 0) is 36.3 Å². The van der Waals surface area contributed by atoms with Crippen LogP contribution in [-0.2, 0) is 32.1 Å². The number of likely N-dealkylation sites (N-methyl/N-ethyl adjacent to an activating group) is 1. The van der Waals surface area contributed by atoms with Gasteiger partial charge in [0.05, 0.1) is 0 Å². The molecule has 2 atom stereocenters. The number of benzene rings is 1. The van der Waals surface area contributed by atoms with Gasteiger partial charge in [0.15, 0.2) is 6.61 Å². The molecular formula is C23H31N3O5. The zero-order valence-corrected chi connectivity index (χ0v) is 18.5. The Hall–Kier alpha value is -2.90. The van der Waals surface area contributed by atoms with Crippen LogP contribution in [0.15, 0.2) is 24.3 Å². The van der Waals surface area contributed by atoms with Crippen molar-refractivity contribution in [2.45, 2.75) is 58.0 Å². The van der Waals surface area contributed by atoms with Gasteiger partial charge >= 0.3 is 12.0 Å². The minimum absolute atomic E-state index is 0.0142. The largest absolute Gasteiger partial charge is 0.454 e. The summed E-state index contributed by atoms with van der Waals surface area (Å²) in [5.41, 5.74) is 1.28. The van der Waals surface area contributed by atoms with Gasteiger partial charge in [0.1, 0.15) is 12.1 Å². The number of ether oxygens (including phenoxy) is 1. The molecule has 1 N–H and O–H groups in total. The van der Waals surface area contributed by atoms with Crippen LogP contribution in [0.2, 0.25) is 0 Å². The topological polar surface area (TPSA) is 96.0 Å². The number of rotatable bonds is 7. The van der Waals surface area contributed by atoms with Crippen molar-refractivity contribution in [3.63, 3.8) is 0 Å². The molecule has 168 valence electrons. The highest BCUT2D eigenvalue weighted by Gasteiger charge is 2.55. The van der Waals surface area contributed by atoms with Crippen molar-refractivity contribution in [2.75, 3.05) is 20.2 Å². The van der Waals surface area contributed by atoms with Crippen LogP contribution in [0, 0.1) is 5.92 Å². The first kappa shape index (κ1) is 22.8. The highest BCUT2D eigenvalue weighted by atomic mass is 16.5. The van der Waals surface area contributed by atoms with E-state index in [4.69, 9.17) is 4.74 Å². The zero-order valence-electron chi connectivity index (χ0n) is 18.5. The molecule has 4 amide bonds. The second-order valence-electron chi connectivity index (χ2n) is 8.52. The molecular weight excluding hydrogens is 398 g/mol. The summed E-state index contributed by atoms with van der Waals surface area (Å²) in [6.45, 7) is 3.49. The molecule has 1 aromatic rings. The number of esters is 1. The van der Waals surface area contributed by atoms with Crippen LogP contribution < -0.4 is 5.32 Å². The first-order chi connectivity index (χ1) is 14.8. The Morgan fingerprint density at radius 2 is 1.87 bits per heavy atom. The van der Waals surface area contributed by atoms with E-state index in [1.165, 1.54) is 10.5 Å². The first-order valence-electron chi connectivity index (χ1n) is 10.9. The fraction of sp³-hybridized carbons (Fsp3) is 0.565. The molecule has 1 spiro atoms. The van der Waals surface area contributed by atoms with Crippen molar-refractivity contribution in [3.05, 3.63) is 35.4 Å². The van der Waals surface area contributed by atoms with E-state index < -0.39 is 30.7 Å². The molecule has 2 fully saturated rings. The summed E-state index contributed by atoms with van der Waals surface area (Å²) in [6.07, 6.45) is 4.25. The maximum atomic E-state index is 12.9. The lowest BCUT2D eigenvalue weighted by molar-refractivity contribution is -0.153. The smallest absolute Gasteiger partial charge is 0.326 e. The standard InChI is InChI=1S/C23H31N3O5/c1-4-17-8-10-18(11-9-17)13-25(3)19(27)15-31-20(28)14-26-21(29)23(24-22(26)30)12-6-5-7-16(23)2/h8-11,16H,4-7,12-15H2,1-3H3,(H,24,30)/t16-,23+/m1/s1. The van der Waals surface area contributed by atoms with Gasteiger partial charge in [0.25, 0.3) is 11.8 Å². The maximum absolute atomic E-state index is 12.9. The number of hydrogen-bond acceptors (Lipinski definition) is 5. The summed E-state index contributed by atoms with van der Waals surface area (Å²) in [4.78, 5) is 52.2. The number of nitrogens with zero attached hydrogens (tertiary/aromatic N) is 2. The Kier molecular flexibility index (Phi) is 6.97. The van der Waals surface area contributed by atoms with E-state index in [0.717, 1.165) is 36.1 Å². The number of urea groups is 1. The predicted molar refractivity (Wildman–Crippen MR) is 114 cm³/mol. The molecule has 8 heteroatoms. The van der Waals surface area contributed by atoms with E-state index in [1.807, 2.05) is 31.2 Å². The summed E-state index contributed by atoms with van der Waals surface area (Å²) >= 11 is 0. The Labute approximate surface area is 182 Å². The van der Waals surface area contributed by atoms with Gasteiger partial charge in [0.2, 0.25) is 0 Å². The van der Waals surface area contributed by atoms with E-state index in [0.29, 0.717) is 13.0 Å². The van der Waals surface area contributed by atoms with Gasteiger partial charge in [0, 0.05) is 13.6 Å². The van der Waals surface area contributed by atoms with E-state index in [2.05, 4.69) is 12.2 Å². The SMILES string of the molecule is CCc1ccc(CN(C)C(=O)COC(=O)CN2C(=O)N[C@]3(CCCC[C@H]3C)C2=O)cc1. The van der Waals surface area contributed by atoms with Crippen LogP contribution >= 0.6 is 0 Å². The number of amides is 4. The maximum Gasteiger partial charge on any atom is 0.326 e. The Morgan fingerprint density at radius 1 is 1.19 bits per heavy atom. The van der Waals surface area contributed by atoms with Gasteiger partial charge < -0.3 is 15.0 Å². The lowest BCUT2D eigenvalue weighted by Crippen LogP contribution is -2.54. The predicted octanol–water partition coefficient (Wildman–Crippen LogP) is 2.25. The Bertz CT molecular complexity index is 853. The highest BCUT2D eigenvalue weighted by Crippen LogP contribution is 2.38. The lowest BCUT2D eigenvalue weighted by Gasteiger charge is -2.36. The zero-order chi connectivity index (χ0) is 22.6. The minimum Gasteiger partial charge on any atom is -0.454 e. The van der Waals surface area contributed by atoms with Crippen molar-refractivity contribution in [3.8, 4) is 0 Å². The van der Waals surface area contributed by atoms with Crippen LogP contribution in [0.4, 0.5) is 4.79 Å². The van der Waals surface area contributed by atoms with Crippen LogP contribution in [0.1, 0.15) is 50.7 Å². The van der Waals surface area contributed by atoms with Gasteiger partial charge in [-0.1, -0.05) is 51.0 Å². The second kappa shape index (κ2) is 9.49. The molecule has 0 radical (unpaired) electrons. The molecule has 2 aliphatic rings. The molecule has 0 bridgehead atoms. The van der Waals surface area contributed by atoms with Crippen LogP contribution in [0.3, 0.4) is 0 Å². The van der Waals surface area contributed by atoms with Gasteiger partial charge in [-0.3, -0.25) is 19.3 Å². The third-order valence-electron chi connectivity index (χ3n) is 6.42. The van der Waals surface area contributed by atoms with Crippen LogP contribution in [0.25, 0.3) is 0 Å². The Balaban J connectivity index is 1.49. The third-order valence-corrected chi connectivity index (χ3v) is 6.42. The van der Waals surface area contributed by atoms with Gasteiger partial charge in [-0.15, -0.1) is 0 Å². The summed E-state index contributed by atoms with van der Waals surface area (Å²) < 4.78 is 5.06. The highest BCUT2D eigenvalue weighted by molar-refractivity contribution is 6.09. The molecule has 0 aromatic heterocycles. The van der Waals surface area contributed by atoms with Crippen molar-refractivity contribution in [1.29, 1.82) is 0 Å². The van der Waals surface area contributed by atoms with E-state index in [1.54, 1.807) is 7.05 Å². The van der Waals surface area contributed by atoms with E-state index in [9.17, 15) is 19.2 Å². The average molecular weight is 430 g/mol. The third kappa shape index (κ3) is 4.89. The Morgan fingerprint density at radius 3 is 2.52 bits per heavy atom. The molecule has 1 heterocycles. The molecule has 31 heavy (non-hydrogen) atoms. The fourth-order valence-corrected chi connectivity index (χ4v) is 4.31. The van der Waals surface area contributed by atoms with Crippen LogP contribution in [0.5, 0.6) is 0 Å². The van der Waals surface area contributed by atoms with Gasteiger partial charge in [-0.25, -0.2) is 4.79 Å².